The number of hydrogen-bond acceptors (Lipinski definition) is 21. The predicted molar refractivity (Wildman–Crippen MR) is 369 cm³/mol. The summed E-state index contributed by atoms with van der Waals surface area (Å²) in [4.78, 5) is 146. The zero-order chi connectivity index (χ0) is 69.4. The first-order valence-electron chi connectivity index (χ1n) is 33.4. The number of amides is 6. The molecule has 17 N–H and O–H groups in total. The third-order valence-electron chi connectivity index (χ3n) is 17.8. The number of fused-ring (bicyclic) bond motifs is 17. The van der Waals surface area contributed by atoms with Crippen molar-refractivity contribution in [3.8, 4) is 5.75 Å². The minimum Gasteiger partial charge on any atom is -0.506 e. The molecule has 8 rings (SSSR count). The molecule has 3 aromatic rings. The van der Waals surface area contributed by atoms with Gasteiger partial charge in [0.05, 0.1) is 40.8 Å². The van der Waals surface area contributed by atoms with Gasteiger partial charge in [-0.3, -0.25) is 47.9 Å². The third-order valence-corrected chi connectivity index (χ3v) is 20.7. The molecule has 5 aliphatic heterocycles. The van der Waals surface area contributed by atoms with Gasteiger partial charge in [-0.15, -0.1) is 0 Å². The number of hydrogen-bond donors (Lipinski definition) is 16. The number of phenolic OH excluding ortho intramolecular Hbond substituents is 1. The first kappa shape index (κ1) is 77.1. The average molecular weight is 1400 g/mol. The van der Waals surface area contributed by atoms with Crippen molar-refractivity contribution in [3.05, 3.63) is 64.8 Å². The number of carbonyl (C=O) groups excluding carboxylic acids is 9. The summed E-state index contributed by atoms with van der Waals surface area (Å²) in [5.41, 5.74) is 7.43. The number of aromatic amines is 1. The topological polar surface area (TPSA) is 409 Å². The summed E-state index contributed by atoms with van der Waals surface area (Å²) in [6.45, 7) is 11.8. The molecule has 5 aliphatic rings. The number of aromatic hydroxyl groups is 1. The lowest BCUT2D eigenvalue weighted by molar-refractivity contribution is -0.142. The van der Waals surface area contributed by atoms with E-state index in [9.17, 15) is 58.5 Å². The second-order valence-corrected chi connectivity index (χ2v) is 29.6. The van der Waals surface area contributed by atoms with Crippen LogP contribution in [0, 0.1) is 23.7 Å². The van der Waals surface area contributed by atoms with Gasteiger partial charge < -0.3 is 89.4 Å². The molecule has 0 saturated carbocycles. The first-order valence-corrected chi connectivity index (χ1v) is 36.3. The number of aliphatic hydroxyl groups excluding tert-OH is 1. The summed E-state index contributed by atoms with van der Waals surface area (Å²) in [6.07, 6.45) is -1.67. The van der Waals surface area contributed by atoms with E-state index in [-0.39, 0.29) is 92.2 Å². The highest BCUT2D eigenvalue weighted by molar-refractivity contribution is 8.76. The maximum Gasteiger partial charge on any atom is 0.303 e. The Labute approximate surface area is 573 Å². The van der Waals surface area contributed by atoms with E-state index >= 15 is 4.79 Å². The van der Waals surface area contributed by atoms with E-state index in [2.05, 4.69) is 63.5 Å². The van der Waals surface area contributed by atoms with E-state index in [0.717, 1.165) is 26.6 Å². The number of nitrogens with one attached hydrogen (secondary N) is 12. The number of nitrogens with two attached hydrogens (primary N) is 1. The standard InChI is InChI=1S/C66H99ClN14O13S2/c1-40(2)21-44-24-47(82)30-76-61(91)45(22-42-11-13-55(84)50(67)23-42)27-57(86)54-28-48(83)31-81(54)64(94)53(33-96-95-32-41(3)77-63(44)93)79-62(92)43(12-14-60(89)90)26-56(85)52(25-46-29-75-51-8-5-4-7-49(46)51)78-58(87)9-6-10-59(88)80-66-37-72-18-15-69-34-65(68,35-70-16-19-73-38-66)36-71-17-20-74-39-66/h4-5,7-8,11,13,23,29,40-41,43-45,48,52-54,69-75,83-84H,6,9-10,12,14-22,24-28,30-39,68H2,1-3H3,(H,76,91)(H,77,93)(H,78,87)(H,79,92)(H,80,88)(H,89,90)/t41-,43+,44-,45-,48-,52+,53+,54+,65?,66?/m1/s1. The second-order valence-electron chi connectivity index (χ2n) is 26.7. The lowest BCUT2D eigenvalue weighted by atomic mass is 9.90. The smallest absolute Gasteiger partial charge is 0.303 e. The number of aliphatic carboxylic acids is 1. The SMILES string of the molecule is CC(C)C[C@@H]1CC(=O)CNC(=O)[C@H](Cc2ccc(O)c(Cl)c2)CC(=O)[C@@H]2C[C@@H](O)CN2C(=O)[C@@H](NC(=O)[C@@H](CCC(=O)O)CC(=O)[C@H](Cc2c[nH]c3ccccc23)NC(=O)CCCC(=O)NC23CNCCNCC(N)(CNCCNC2)CNCCNC3)CSSC[C@@H](C)NC1=O. The van der Waals surface area contributed by atoms with Crippen LogP contribution >= 0.6 is 33.2 Å². The van der Waals surface area contributed by atoms with Crippen LogP contribution in [0.3, 0.4) is 0 Å². The van der Waals surface area contributed by atoms with Crippen molar-refractivity contribution < 1.29 is 63.3 Å². The zero-order valence-corrected chi connectivity index (χ0v) is 57.6. The van der Waals surface area contributed by atoms with Crippen molar-refractivity contribution in [1.82, 2.24) is 68.4 Å². The summed E-state index contributed by atoms with van der Waals surface area (Å²) in [5, 5.41) is 67.6. The third kappa shape index (κ3) is 24.6. The molecule has 5 fully saturated rings. The molecular formula is C66H99ClN14O13S2. The van der Waals surface area contributed by atoms with E-state index in [1.807, 2.05) is 38.1 Å². The van der Waals surface area contributed by atoms with Crippen LogP contribution in [-0.2, 0) is 60.8 Å². The van der Waals surface area contributed by atoms with Gasteiger partial charge in [0.15, 0.2) is 17.3 Å². The lowest BCUT2D eigenvalue weighted by Crippen LogP contribution is -2.67. The molecule has 530 valence electrons. The highest BCUT2D eigenvalue weighted by atomic mass is 35.5. The number of aliphatic hydroxyl groups is 1. The number of benzene rings is 2. The van der Waals surface area contributed by atoms with Crippen LogP contribution < -0.4 is 64.2 Å². The Kier molecular flexibility index (Phi) is 30.7. The molecule has 27 nitrogen and oxygen atoms in total. The monoisotopic (exact) mass is 1390 g/mol. The van der Waals surface area contributed by atoms with Gasteiger partial charge in [-0.1, -0.05) is 71.3 Å². The molecule has 8 atom stereocenters. The first-order chi connectivity index (χ1) is 45.9. The molecule has 0 spiro atoms. The van der Waals surface area contributed by atoms with E-state index in [4.69, 9.17) is 17.3 Å². The number of carboxylic acid groups (broad SMARTS) is 1. The Morgan fingerprint density at radius 3 is 2.08 bits per heavy atom. The minimum atomic E-state index is -1.44. The summed E-state index contributed by atoms with van der Waals surface area (Å²) in [5.74, 6) is -9.71. The highest BCUT2D eigenvalue weighted by Crippen LogP contribution is 2.31. The van der Waals surface area contributed by atoms with Crippen LogP contribution in [0.25, 0.3) is 10.9 Å². The van der Waals surface area contributed by atoms with Gasteiger partial charge in [0.1, 0.15) is 11.8 Å². The molecule has 0 aliphatic carbocycles. The molecular weight excluding hydrogens is 1300 g/mol. The molecule has 2 aromatic carbocycles. The number of rotatable bonds is 20. The van der Waals surface area contributed by atoms with Crippen molar-refractivity contribution in [3.63, 3.8) is 0 Å². The van der Waals surface area contributed by atoms with E-state index < -0.39 is 132 Å². The number of carbonyl (C=O) groups is 10. The van der Waals surface area contributed by atoms with Gasteiger partial charge in [-0.2, -0.15) is 0 Å². The van der Waals surface area contributed by atoms with E-state index in [0.29, 0.717) is 102 Å². The second kappa shape index (κ2) is 38.2. The predicted octanol–water partition coefficient (Wildman–Crippen LogP) is 0.184. The van der Waals surface area contributed by atoms with Gasteiger partial charge in [-0.05, 0) is 67.9 Å². The Hall–Kier alpha value is -6.25. The molecule has 96 heavy (non-hydrogen) atoms. The molecule has 30 heteroatoms. The number of H-pyrrole nitrogens is 1. The molecule has 1 aromatic heterocycles. The lowest BCUT2D eigenvalue weighted by Gasteiger charge is -2.37. The zero-order valence-electron chi connectivity index (χ0n) is 55.3. The average Bonchev–Trinajstić information content (AvgIpc) is 1.64. The van der Waals surface area contributed by atoms with Gasteiger partial charge in [0.25, 0.3) is 0 Å². The van der Waals surface area contributed by atoms with Gasteiger partial charge in [0, 0.05) is 189 Å². The number of nitrogens with zero attached hydrogens (tertiary/aromatic N) is 1. The number of ketones is 3. The Morgan fingerprint density at radius 2 is 1.44 bits per heavy atom. The number of para-hydroxylation sites is 1. The maximum absolute atomic E-state index is 15.1. The Morgan fingerprint density at radius 1 is 0.802 bits per heavy atom. The number of carboxylic acids is 1. The fourth-order valence-electron chi connectivity index (χ4n) is 12.7. The minimum absolute atomic E-state index is 0.0112. The van der Waals surface area contributed by atoms with Gasteiger partial charge in [0.2, 0.25) is 35.4 Å². The van der Waals surface area contributed by atoms with Crippen molar-refractivity contribution >= 4 is 103 Å². The molecule has 0 unspecified atom stereocenters. The number of aromatic nitrogens is 1. The van der Waals surface area contributed by atoms with Crippen LogP contribution in [0.4, 0.5) is 0 Å². The summed E-state index contributed by atoms with van der Waals surface area (Å²) >= 11 is 6.26. The van der Waals surface area contributed by atoms with Crippen LogP contribution in [0.15, 0.2) is 48.7 Å². The van der Waals surface area contributed by atoms with Crippen molar-refractivity contribution in [2.24, 2.45) is 29.4 Å². The molecule has 5 saturated heterocycles. The summed E-state index contributed by atoms with van der Waals surface area (Å²) in [6, 6.07) is 7.22. The fraction of sp³-hybridized carbons (Fsp3) is 0.636. The van der Waals surface area contributed by atoms with Crippen LogP contribution in [0.5, 0.6) is 5.75 Å². The molecule has 6 heterocycles. The van der Waals surface area contributed by atoms with Gasteiger partial charge >= 0.3 is 5.97 Å². The van der Waals surface area contributed by atoms with E-state index in [1.165, 1.54) is 29.0 Å². The fourth-order valence-corrected chi connectivity index (χ4v) is 15.3. The summed E-state index contributed by atoms with van der Waals surface area (Å²) in [7, 11) is 2.44. The Balaban J connectivity index is 1.10. The molecule has 0 radical (unpaired) electrons. The van der Waals surface area contributed by atoms with Crippen molar-refractivity contribution in [2.45, 2.75) is 139 Å². The number of phenols is 1. The highest BCUT2D eigenvalue weighted by Gasteiger charge is 2.44. The molecule has 6 amide bonds. The largest absolute Gasteiger partial charge is 0.506 e. The van der Waals surface area contributed by atoms with Gasteiger partial charge in [-0.25, -0.2) is 0 Å². The summed E-state index contributed by atoms with van der Waals surface area (Å²) < 4.78 is 0. The normalized spacial score (nSPS) is 26.1. The maximum atomic E-state index is 15.1. The number of halogens is 1. The van der Waals surface area contributed by atoms with Crippen molar-refractivity contribution in [2.75, 3.05) is 103 Å². The van der Waals surface area contributed by atoms with Crippen LogP contribution in [0.2, 0.25) is 5.02 Å². The Bertz CT molecular complexity index is 3120. The van der Waals surface area contributed by atoms with E-state index in [1.54, 1.807) is 13.1 Å². The van der Waals surface area contributed by atoms with Crippen LogP contribution in [0.1, 0.15) is 96.1 Å². The quantitative estimate of drug-likeness (QED) is 0.0671. The van der Waals surface area contributed by atoms with Crippen LogP contribution in [-0.4, -0.2) is 228 Å². The molecule has 2 bridgehead atoms. The number of Topliss-reactive ketones (excluding diaryl/α,β-unsaturated/α-hetero) is 3. The van der Waals surface area contributed by atoms with Crippen molar-refractivity contribution in [1.29, 1.82) is 0 Å².